The summed E-state index contributed by atoms with van der Waals surface area (Å²) in [7, 11) is 0. The van der Waals surface area contributed by atoms with Crippen molar-refractivity contribution in [2.24, 2.45) is 5.92 Å². The van der Waals surface area contributed by atoms with E-state index in [4.69, 9.17) is 9.93 Å². The molecule has 0 spiro atoms. The second-order valence-corrected chi connectivity index (χ2v) is 3.96. The van der Waals surface area contributed by atoms with Gasteiger partial charge in [0.25, 0.3) is 5.55 Å². The van der Waals surface area contributed by atoms with Crippen molar-refractivity contribution in [3.8, 4) is 0 Å². The molecule has 4 nitrogen and oxygen atoms in total. The van der Waals surface area contributed by atoms with E-state index < -0.39 is 0 Å². The molecule has 0 unspecified atom stereocenters. The minimum atomic E-state index is 0.152. The molecule has 0 saturated heterocycles. The van der Waals surface area contributed by atoms with Gasteiger partial charge in [-0.2, -0.15) is 0 Å². The minimum absolute atomic E-state index is 0.152. The molecule has 1 aliphatic carbocycles. The van der Waals surface area contributed by atoms with Crippen LogP contribution >= 0.6 is 0 Å². The third-order valence-electron chi connectivity index (χ3n) is 2.84. The van der Waals surface area contributed by atoms with Crippen molar-refractivity contribution in [3.63, 3.8) is 0 Å². The predicted molar refractivity (Wildman–Crippen MR) is 44.7 cm³/mol. The average molecular weight is 181 g/mol. The zero-order valence-corrected chi connectivity index (χ0v) is 7.86. The van der Waals surface area contributed by atoms with Crippen molar-refractivity contribution in [1.82, 2.24) is 5.27 Å². The summed E-state index contributed by atoms with van der Waals surface area (Å²) < 4.78 is 6.52. The fourth-order valence-corrected chi connectivity index (χ4v) is 1.94. The van der Waals surface area contributed by atoms with Gasteiger partial charge in [-0.3, -0.25) is 10.7 Å². The highest BCUT2D eigenvalue weighted by molar-refractivity contribution is 4.65. The van der Waals surface area contributed by atoms with Gasteiger partial charge in [0, 0.05) is 12.8 Å². The van der Waals surface area contributed by atoms with Gasteiger partial charge in [0.05, 0.1) is 0 Å². The van der Waals surface area contributed by atoms with Crippen molar-refractivity contribution < 1.29 is 9.20 Å². The zero-order valence-electron chi connectivity index (χ0n) is 7.86. The third kappa shape index (κ3) is 1.82. The summed E-state index contributed by atoms with van der Waals surface area (Å²) in [5, 5.41) is 11.0. The van der Waals surface area contributed by atoms with Crippen LogP contribution in [0.4, 0.5) is 0 Å². The molecule has 72 valence electrons. The van der Waals surface area contributed by atoms with E-state index in [9.17, 15) is 0 Å². The van der Waals surface area contributed by atoms with Gasteiger partial charge in [-0.1, -0.05) is 6.92 Å². The second kappa shape index (κ2) is 3.36. The number of hydrogen-bond acceptors (Lipinski definition) is 2. The van der Waals surface area contributed by atoms with E-state index in [1.807, 2.05) is 0 Å². The van der Waals surface area contributed by atoms with E-state index >= 15 is 0 Å². The Morgan fingerprint density at radius 3 is 2.69 bits per heavy atom. The number of hydrogen-bond donors (Lipinski definition) is 1. The van der Waals surface area contributed by atoms with Crippen LogP contribution in [-0.2, 0) is 0 Å². The standard InChI is InChI=1S/C9H15N3O/c1-7-2-4-8(5-3-7)12-6-9(10)13-11-12/h6-8,10H,2-5H2,1H3. The molecule has 1 aromatic rings. The van der Waals surface area contributed by atoms with Crippen LogP contribution < -0.4 is 15.5 Å². The van der Waals surface area contributed by atoms with E-state index in [2.05, 4.69) is 12.2 Å². The summed E-state index contributed by atoms with van der Waals surface area (Å²) in [6.07, 6.45) is 6.52. The highest BCUT2D eigenvalue weighted by Gasteiger charge is 2.23. The highest BCUT2D eigenvalue weighted by Crippen LogP contribution is 2.27. The Morgan fingerprint density at radius 2 is 2.15 bits per heavy atom. The summed E-state index contributed by atoms with van der Waals surface area (Å²) in [4.78, 5) is 0. The van der Waals surface area contributed by atoms with Gasteiger partial charge in [-0.05, 0) is 18.8 Å². The molecular weight excluding hydrogens is 166 g/mol. The Labute approximate surface area is 77.0 Å². The van der Waals surface area contributed by atoms with Gasteiger partial charge in [0.2, 0.25) is 6.20 Å². The Bertz CT molecular complexity index is 320. The number of nitrogens with zero attached hydrogens (tertiary/aromatic N) is 2. The average Bonchev–Trinajstić information content (AvgIpc) is 2.53. The summed E-state index contributed by atoms with van der Waals surface area (Å²) in [5.74, 6) is 0.847. The maximum absolute atomic E-state index is 7.22. The van der Waals surface area contributed by atoms with Gasteiger partial charge >= 0.3 is 0 Å². The van der Waals surface area contributed by atoms with Crippen LogP contribution in [0.3, 0.4) is 0 Å². The van der Waals surface area contributed by atoms with Crippen LogP contribution in [0.1, 0.15) is 38.6 Å². The first-order valence-electron chi connectivity index (χ1n) is 4.85. The molecule has 1 N–H and O–H groups in total. The minimum Gasteiger partial charge on any atom is -0.487 e. The summed E-state index contributed by atoms with van der Waals surface area (Å²) in [6.45, 7) is 2.29. The number of rotatable bonds is 1. The number of aromatic nitrogens is 2. The molecule has 1 fully saturated rings. The van der Waals surface area contributed by atoms with Crippen LogP contribution in [0.5, 0.6) is 0 Å². The van der Waals surface area contributed by atoms with E-state index in [0.717, 1.165) is 18.8 Å². The lowest BCUT2D eigenvalue weighted by Gasteiger charge is -2.22. The largest absolute Gasteiger partial charge is 0.487 e. The monoisotopic (exact) mass is 181 g/mol. The first-order chi connectivity index (χ1) is 6.25. The molecule has 4 heteroatoms. The quantitative estimate of drug-likeness (QED) is 0.650. The highest BCUT2D eigenvalue weighted by atomic mass is 16.5. The van der Waals surface area contributed by atoms with Crippen LogP contribution in [0.15, 0.2) is 10.7 Å². The molecule has 0 aromatic carbocycles. The Balaban J connectivity index is 2.06. The smallest absolute Gasteiger partial charge is 0.264 e. The summed E-state index contributed by atoms with van der Waals surface area (Å²) in [6, 6.07) is 0.457. The molecule has 0 aliphatic heterocycles. The molecule has 2 rings (SSSR count). The van der Waals surface area contributed by atoms with E-state index in [1.54, 1.807) is 10.9 Å². The molecule has 1 heterocycles. The molecule has 13 heavy (non-hydrogen) atoms. The van der Waals surface area contributed by atoms with Crippen LogP contribution in [0.2, 0.25) is 0 Å². The topological polar surface area (TPSA) is 55.0 Å². The lowest BCUT2D eigenvalue weighted by atomic mass is 9.87. The molecule has 0 atom stereocenters. The third-order valence-corrected chi connectivity index (χ3v) is 2.84. The van der Waals surface area contributed by atoms with Crippen molar-refractivity contribution in [2.45, 2.75) is 38.6 Å². The van der Waals surface area contributed by atoms with Crippen LogP contribution in [0.25, 0.3) is 0 Å². The van der Waals surface area contributed by atoms with E-state index in [0.29, 0.717) is 6.04 Å². The SMILES string of the molecule is CC1CCC([n+]2cc(=N)o[n-]2)CC1. The lowest BCUT2D eigenvalue weighted by molar-refractivity contribution is -0.792. The van der Waals surface area contributed by atoms with Crippen molar-refractivity contribution in [2.75, 3.05) is 0 Å². The Hall–Kier alpha value is -1.06. The van der Waals surface area contributed by atoms with Gasteiger partial charge in [0.1, 0.15) is 6.04 Å². The zero-order chi connectivity index (χ0) is 9.26. The van der Waals surface area contributed by atoms with E-state index in [-0.39, 0.29) is 5.55 Å². The number of nitrogens with one attached hydrogen (secondary N) is 1. The normalized spacial score (nSPS) is 29.0. The molecule has 1 aromatic heterocycles. The van der Waals surface area contributed by atoms with Crippen molar-refractivity contribution in [1.29, 1.82) is 5.41 Å². The van der Waals surface area contributed by atoms with E-state index in [1.165, 1.54) is 12.8 Å². The summed E-state index contributed by atoms with van der Waals surface area (Å²) in [5.41, 5.74) is 0.152. The van der Waals surface area contributed by atoms with Gasteiger partial charge < -0.3 is 4.52 Å². The summed E-state index contributed by atoms with van der Waals surface area (Å²) >= 11 is 0. The molecule has 1 aliphatic rings. The van der Waals surface area contributed by atoms with Gasteiger partial charge in [-0.25, -0.2) is 4.68 Å². The Morgan fingerprint density at radius 1 is 1.46 bits per heavy atom. The maximum Gasteiger partial charge on any atom is 0.264 e. The fraction of sp³-hybridized carbons (Fsp3) is 0.778. The van der Waals surface area contributed by atoms with Gasteiger partial charge in [0.15, 0.2) is 0 Å². The molecular formula is C9H15N3O. The predicted octanol–water partition coefficient (Wildman–Crippen LogP) is 0.755. The second-order valence-electron chi connectivity index (χ2n) is 3.96. The van der Waals surface area contributed by atoms with Crippen LogP contribution in [-0.4, -0.2) is 0 Å². The van der Waals surface area contributed by atoms with Gasteiger partial charge in [-0.15, -0.1) is 0 Å². The Kier molecular flexibility index (Phi) is 2.20. The fourth-order valence-electron chi connectivity index (χ4n) is 1.94. The molecule has 0 amide bonds. The molecule has 1 saturated carbocycles. The molecule has 0 radical (unpaired) electrons. The first-order valence-corrected chi connectivity index (χ1v) is 4.85. The van der Waals surface area contributed by atoms with Crippen molar-refractivity contribution in [3.05, 3.63) is 11.8 Å². The van der Waals surface area contributed by atoms with Crippen LogP contribution in [0, 0.1) is 11.3 Å². The molecule has 0 bridgehead atoms. The first kappa shape index (κ1) is 8.53. The maximum atomic E-state index is 7.22. The van der Waals surface area contributed by atoms with Crippen molar-refractivity contribution >= 4 is 0 Å². The lowest BCUT2D eigenvalue weighted by Crippen LogP contribution is -2.44.